The van der Waals surface area contributed by atoms with Crippen LogP contribution in [0.15, 0.2) is 29.9 Å². The standard InChI is InChI=1S/C21H24N4OS/c1-13-11-27-21(23-13)15-3-6-18-19(10-15)25(12-22-18)20(26)9-14-7-16-4-5-17(8-14)24(16)2/h3,6,10-12,14,16-17H,4-5,7-9H2,1-2H3/p+1. The Kier molecular flexibility index (Phi) is 4.13. The smallest absolute Gasteiger partial charge is 0.300 e. The van der Waals surface area contributed by atoms with Gasteiger partial charge in [-0.3, -0.25) is 0 Å². The number of aromatic amines is 1. The minimum Gasteiger partial charge on any atom is -0.300 e. The number of benzene rings is 1. The zero-order chi connectivity index (χ0) is 18.5. The summed E-state index contributed by atoms with van der Waals surface area (Å²) in [5.41, 5.74) is 4.04. The first-order valence-corrected chi connectivity index (χ1v) is 10.7. The number of aromatic nitrogens is 3. The van der Waals surface area contributed by atoms with E-state index in [9.17, 15) is 4.79 Å². The molecular formula is C21H25N4OS+. The summed E-state index contributed by atoms with van der Waals surface area (Å²) < 4.78 is 1.81. The molecule has 3 aromatic rings. The molecule has 2 bridgehead atoms. The fraction of sp³-hybridized carbons (Fsp3) is 0.476. The van der Waals surface area contributed by atoms with Gasteiger partial charge in [-0.25, -0.2) is 14.8 Å². The molecule has 5 rings (SSSR count). The van der Waals surface area contributed by atoms with Crippen molar-refractivity contribution in [2.24, 2.45) is 5.92 Å². The number of nitrogens with zero attached hydrogens (tertiary/aromatic N) is 3. The van der Waals surface area contributed by atoms with E-state index < -0.39 is 0 Å². The van der Waals surface area contributed by atoms with Crippen LogP contribution in [-0.2, 0) is 0 Å². The Balaban J connectivity index is 1.40. The Morgan fingerprint density at radius 2 is 2.07 bits per heavy atom. The predicted octanol–water partition coefficient (Wildman–Crippen LogP) is 3.79. The minimum absolute atomic E-state index is 0.197. The summed E-state index contributed by atoms with van der Waals surface area (Å²) >= 11 is 1.64. The van der Waals surface area contributed by atoms with Gasteiger partial charge in [-0.15, -0.1) is 11.3 Å². The maximum absolute atomic E-state index is 13.1. The maximum atomic E-state index is 13.1. The maximum Gasteiger partial charge on any atom is 0.314 e. The van der Waals surface area contributed by atoms with Gasteiger partial charge in [-0.2, -0.15) is 4.57 Å². The third-order valence-corrected chi connectivity index (χ3v) is 7.41. The zero-order valence-corrected chi connectivity index (χ0v) is 16.6. The molecule has 0 aliphatic carbocycles. The summed E-state index contributed by atoms with van der Waals surface area (Å²) in [4.78, 5) is 23.4. The highest BCUT2D eigenvalue weighted by Crippen LogP contribution is 2.39. The van der Waals surface area contributed by atoms with Crippen LogP contribution >= 0.6 is 11.3 Å². The van der Waals surface area contributed by atoms with Crippen molar-refractivity contribution in [2.75, 3.05) is 7.05 Å². The van der Waals surface area contributed by atoms with Crippen LogP contribution < -0.4 is 4.98 Å². The highest BCUT2D eigenvalue weighted by atomic mass is 32.1. The number of rotatable bonds is 3. The monoisotopic (exact) mass is 381 g/mol. The number of fused-ring (bicyclic) bond motifs is 3. The number of aryl methyl sites for hydroxylation is 1. The molecule has 2 unspecified atom stereocenters. The molecule has 0 spiro atoms. The first kappa shape index (κ1) is 17.1. The molecular weight excluding hydrogens is 356 g/mol. The molecule has 2 aliphatic heterocycles. The summed E-state index contributed by atoms with van der Waals surface area (Å²) in [5.74, 6) is 0.705. The Morgan fingerprint density at radius 1 is 1.30 bits per heavy atom. The van der Waals surface area contributed by atoms with E-state index in [4.69, 9.17) is 0 Å². The molecule has 5 nitrogen and oxygen atoms in total. The van der Waals surface area contributed by atoms with Gasteiger partial charge in [-0.1, -0.05) is 0 Å². The number of imidazole rings is 1. The van der Waals surface area contributed by atoms with Gasteiger partial charge < -0.3 is 4.90 Å². The Hall–Kier alpha value is -2.05. The number of carbonyl (C=O) groups is 1. The van der Waals surface area contributed by atoms with Crippen LogP contribution in [-0.4, -0.2) is 39.5 Å². The van der Waals surface area contributed by atoms with E-state index in [-0.39, 0.29) is 5.91 Å². The van der Waals surface area contributed by atoms with E-state index in [0.717, 1.165) is 40.1 Å². The number of carbonyl (C=O) groups excluding carboxylic acids is 1. The van der Waals surface area contributed by atoms with Gasteiger partial charge in [0.1, 0.15) is 5.01 Å². The molecule has 4 heterocycles. The number of hydrogen-bond acceptors (Lipinski definition) is 4. The van der Waals surface area contributed by atoms with Gasteiger partial charge in [0, 0.05) is 34.8 Å². The lowest BCUT2D eigenvalue weighted by Gasteiger charge is -2.35. The molecule has 2 saturated heterocycles. The highest BCUT2D eigenvalue weighted by molar-refractivity contribution is 7.13. The molecule has 0 saturated carbocycles. The van der Waals surface area contributed by atoms with Crippen LogP contribution in [0.4, 0.5) is 0 Å². The molecule has 2 aromatic heterocycles. The van der Waals surface area contributed by atoms with Crippen molar-refractivity contribution in [1.82, 2.24) is 14.5 Å². The van der Waals surface area contributed by atoms with Gasteiger partial charge in [-0.05, 0) is 57.7 Å². The quantitative estimate of drug-likeness (QED) is 0.694. The fourth-order valence-electron chi connectivity index (χ4n) is 4.92. The second-order valence-electron chi connectivity index (χ2n) is 8.16. The van der Waals surface area contributed by atoms with E-state index in [1.165, 1.54) is 12.8 Å². The Bertz CT molecular complexity index is 993. The second kappa shape index (κ2) is 6.53. The van der Waals surface area contributed by atoms with Crippen molar-refractivity contribution in [3.63, 3.8) is 0 Å². The Labute approximate surface area is 163 Å². The Morgan fingerprint density at radius 3 is 2.78 bits per heavy atom. The number of hydrogen-bond donors (Lipinski definition) is 0. The lowest BCUT2D eigenvalue weighted by atomic mass is 9.88. The summed E-state index contributed by atoms with van der Waals surface area (Å²) in [7, 11) is 2.25. The van der Waals surface area contributed by atoms with Crippen LogP contribution in [0.5, 0.6) is 0 Å². The van der Waals surface area contributed by atoms with Gasteiger partial charge >= 0.3 is 5.91 Å². The largest absolute Gasteiger partial charge is 0.314 e. The van der Waals surface area contributed by atoms with Gasteiger partial charge in [0.25, 0.3) is 0 Å². The first-order valence-electron chi connectivity index (χ1n) is 9.79. The average Bonchev–Trinajstić information content (AvgIpc) is 3.31. The number of piperidine rings is 1. The number of nitrogens with one attached hydrogen (secondary N) is 1. The van der Waals surface area contributed by atoms with E-state index in [2.05, 4.69) is 39.4 Å². The fourth-order valence-corrected chi connectivity index (χ4v) is 5.71. The predicted molar refractivity (Wildman–Crippen MR) is 107 cm³/mol. The van der Waals surface area contributed by atoms with Crippen LogP contribution in [0.3, 0.4) is 0 Å². The molecule has 1 aromatic carbocycles. The summed E-state index contributed by atoms with van der Waals surface area (Å²) in [6.45, 7) is 2.01. The van der Waals surface area contributed by atoms with E-state index in [1.54, 1.807) is 15.9 Å². The molecule has 0 amide bonds. The third-order valence-electron chi connectivity index (χ3n) is 6.40. The molecule has 1 N–H and O–H groups in total. The molecule has 2 aliphatic rings. The van der Waals surface area contributed by atoms with Gasteiger partial charge in [0.05, 0.1) is 6.42 Å². The summed E-state index contributed by atoms with van der Waals surface area (Å²) in [6.07, 6.45) is 7.36. The molecule has 140 valence electrons. The van der Waals surface area contributed by atoms with E-state index in [1.807, 2.05) is 19.3 Å². The molecule has 0 radical (unpaired) electrons. The van der Waals surface area contributed by atoms with Crippen molar-refractivity contribution >= 4 is 28.3 Å². The van der Waals surface area contributed by atoms with Gasteiger partial charge in [0.15, 0.2) is 11.0 Å². The highest BCUT2D eigenvalue weighted by Gasteiger charge is 2.39. The van der Waals surface area contributed by atoms with E-state index in [0.29, 0.717) is 24.4 Å². The molecule has 6 heteroatoms. The number of thiazole rings is 1. The summed E-state index contributed by atoms with van der Waals surface area (Å²) in [5, 5.41) is 3.06. The summed E-state index contributed by atoms with van der Waals surface area (Å²) in [6, 6.07) is 7.55. The number of H-pyrrole nitrogens is 1. The normalized spacial score (nSPS) is 25.3. The van der Waals surface area contributed by atoms with Crippen molar-refractivity contribution in [3.05, 3.63) is 35.6 Å². The molecule has 27 heavy (non-hydrogen) atoms. The van der Waals surface area contributed by atoms with E-state index >= 15 is 0 Å². The second-order valence-corrected chi connectivity index (χ2v) is 9.01. The van der Waals surface area contributed by atoms with Crippen molar-refractivity contribution in [1.29, 1.82) is 0 Å². The lowest BCUT2D eigenvalue weighted by molar-refractivity contribution is -0.345. The van der Waals surface area contributed by atoms with Crippen LogP contribution in [0.25, 0.3) is 21.6 Å². The van der Waals surface area contributed by atoms with Crippen molar-refractivity contribution in [3.8, 4) is 10.6 Å². The minimum atomic E-state index is 0.197. The van der Waals surface area contributed by atoms with Crippen LogP contribution in [0.1, 0.15) is 42.6 Å². The lowest BCUT2D eigenvalue weighted by Crippen LogP contribution is -2.40. The third kappa shape index (κ3) is 3.01. The van der Waals surface area contributed by atoms with Crippen molar-refractivity contribution in [2.45, 2.75) is 51.1 Å². The average molecular weight is 382 g/mol. The van der Waals surface area contributed by atoms with Gasteiger partial charge in [0.2, 0.25) is 6.33 Å². The van der Waals surface area contributed by atoms with Crippen LogP contribution in [0, 0.1) is 12.8 Å². The van der Waals surface area contributed by atoms with Crippen LogP contribution in [0.2, 0.25) is 0 Å². The SMILES string of the molecule is Cc1csc(-c2ccc3[nH+]cn(C(=O)CC4CC5CCC(C4)N5C)c3c2)n1. The topological polar surface area (TPSA) is 52.3 Å². The zero-order valence-electron chi connectivity index (χ0n) is 15.8. The molecule has 2 fully saturated rings. The molecule has 2 atom stereocenters. The van der Waals surface area contributed by atoms with Crippen molar-refractivity contribution < 1.29 is 9.78 Å². The first-order chi connectivity index (χ1) is 13.1.